The minimum absolute atomic E-state index is 0.0908. The van der Waals surface area contributed by atoms with Gasteiger partial charge < -0.3 is 10.1 Å². The number of hydrogen-bond donors (Lipinski definition) is 3. The van der Waals surface area contributed by atoms with Crippen LogP contribution in [0.3, 0.4) is 0 Å². The first-order valence-corrected chi connectivity index (χ1v) is 5.31. The molecule has 0 radical (unpaired) electrons. The van der Waals surface area contributed by atoms with Gasteiger partial charge in [-0.15, -0.1) is 5.10 Å². The van der Waals surface area contributed by atoms with Crippen molar-refractivity contribution in [1.29, 1.82) is 0 Å². The van der Waals surface area contributed by atoms with Crippen molar-refractivity contribution in [3.8, 4) is 5.88 Å². The number of nitrogens with zero attached hydrogens (tertiary/aromatic N) is 1. The van der Waals surface area contributed by atoms with Gasteiger partial charge in [0.1, 0.15) is 6.61 Å². The van der Waals surface area contributed by atoms with Crippen molar-refractivity contribution in [3.05, 3.63) is 20.8 Å². The van der Waals surface area contributed by atoms with E-state index < -0.39 is 11.2 Å². The van der Waals surface area contributed by atoms with Gasteiger partial charge in [0, 0.05) is 6.04 Å². The van der Waals surface area contributed by atoms with Crippen molar-refractivity contribution in [2.75, 3.05) is 13.2 Å². The number of rotatable bonds is 3. The number of aromatic amines is 2. The molecule has 0 aromatic carbocycles. The Kier molecular flexibility index (Phi) is 3.35. The van der Waals surface area contributed by atoms with Crippen LogP contribution in [0.15, 0.2) is 9.59 Å². The highest BCUT2D eigenvalue weighted by atomic mass is 16.5. The Morgan fingerprint density at radius 3 is 2.94 bits per heavy atom. The van der Waals surface area contributed by atoms with Gasteiger partial charge in [-0.2, -0.15) is 0 Å². The van der Waals surface area contributed by atoms with Crippen molar-refractivity contribution in [1.82, 2.24) is 20.5 Å². The first-order chi connectivity index (χ1) is 7.75. The van der Waals surface area contributed by atoms with Gasteiger partial charge in [0.25, 0.3) is 5.88 Å². The van der Waals surface area contributed by atoms with Crippen LogP contribution < -0.4 is 21.3 Å². The van der Waals surface area contributed by atoms with E-state index in [1.165, 1.54) is 6.42 Å². The molecule has 0 spiro atoms. The lowest BCUT2D eigenvalue weighted by atomic mass is 10.1. The van der Waals surface area contributed by atoms with E-state index in [1.54, 1.807) is 0 Å². The zero-order valence-corrected chi connectivity index (χ0v) is 8.78. The molecule has 1 fully saturated rings. The molecular weight excluding hydrogens is 212 g/mol. The van der Waals surface area contributed by atoms with E-state index in [0.29, 0.717) is 6.61 Å². The van der Waals surface area contributed by atoms with Gasteiger partial charge in [-0.05, 0) is 19.4 Å². The number of hydrogen-bond acceptors (Lipinski definition) is 5. The maximum absolute atomic E-state index is 11.2. The normalized spacial score (nSPS) is 20.6. The van der Waals surface area contributed by atoms with Crippen LogP contribution in [-0.4, -0.2) is 34.4 Å². The highest BCUT2D eigenvalue weighted by Gasteiger charge is 2.14. The van der Waals surface area contributed by atoms with Gasteiger partial charge in [0.05, 0.1) is 0 Å². The number of H-pyrrole nitrogens is 2. The van der Waals surface area contributed by atoms with Gasteiger partial charge in [-0.1, -0.05) is 6.42 Å². The van der Waals surface area contributed by atoms with E-state index in [-0.39, 0.29) is 11.9 Å². The van der Waals surface area contributed by atoms with E-state index >= 15 is 0 Å². The molecular formula is C9H14N4O3. The monoisotopic (exact) mass is 226 g/mol. The molecule has 0 saturated carbocycles. The third kappa shape index (κ3) is 2.69. The molecule has 0 aliphatic carbocycles. The average molecular weight is 226 g/mol. The lowest BCUT2D eigenvalue weighted by Gasteiger charge is -2.22. The molecule has 7 nitrogen and oxygen atoms in total. The molecule has 1 saturated heterocycles. The van der Waals surface area contributed by atoms with Crippen molar-refractivity contribution >= 4 is 0 Å². The minimum atomic E-state index is -0.631. The maximum atomic E-state index is 11.2. The summed E-state index contributed by atoms with van der Waals surface area (Å²) < 4.78 is 5.24. The van der Waals surface area contributed by atoms with Crippen LogP contribution in [0.25, 0.3) is 0 Å². The summed E-state index contributed by atoms with van der Waals surface area (Å²) in [6.45, 7) is 1.37. The standard InChI is InChI=1S/C9H14N4O3/c14-7-8(12-13-9(15)11-7)16-5-6-3-1-2-4-10-6/h6,10H,1-5H2,(H2,11,13,14,15). The molecule has 2 heterocycles. The van der Waals surface area contributed by atoms with Crippen LogP contribution in [0.1, 0.15) is 19.3 Å². The Balaban J connectivity index is 1.93. The van der Waals surface area contributed by atoms with E-state index in [0.717, 1.165) is 19.4 Å². The van der Waals surface area contributed by atoms with Crippen molar-refractivity contribution in [3.63, 3.8) is 0 Å². The minimum Gasteiger partial charge on any atom is -0.471 e. The van der Waals surface area contributed by atoms with Crippen LogP contribution in [0.2, 0.25) is 0 Å². The third-order valence-corrected chi connectivity index (χ3v) is 2.51. The van der Waals surface area contributed by atoms with E-state index in [2.05, 4.69) is 20.5 Å². The van der Waals surface area contributed by atoms with Gasteiger partial charge in [-0.25, -0.2) is 9.89 Å². The third-order valence-electron chi connectivity index (χ3n) is 2.51. The Morgan fingerprint density at radius 2 is 2.25 bits per heavy atom. The molecule has 1 unspecified atom stereocenters. The second-order valence-electron chi connectivity index (χ2n) is 3.77. The molecule has 0 amide bonds. The summed E-state index contributed by atoms with van der Waals surface area (Å²) in [5.41, 5.74) is -1.23. The highest BCUT2D eigenvalue weighted by Crippen LogP contribution is 2.07. The Hall–Kier alpha value is -1.63. The van der Waals surface area contributed by atoms with Crippen LogP contribution >= 0.6 is 0 Å². The molecule has 1 aromatic heterocycles. The van der Waals surface area contributed by atoms with Gasteiger partial charge >= 0.3 is 11.2 Å². The van der Waals surface area contributed by atoms with Crippen molar-refractivity contribution in [2.24, 2.45) is 0 Å². The molecule has 1 aromatic rings. The molecule has 2 rings (SSSR count). The van der Waals surface area contributed by atoms with Crippen LogP contribution in [0.4, 0.5) is 0 Å². The van der Waals surface area contributed by atoms with Gasteiger partial charge in [0.2, 0.25) is 0 Å². The summed E-state index contributed by atoms with van der Waals surface area (Å²) in [7, 11) is 0. The predicted octanol–water partition coefficient (Wildman–Crippen LogP) is -1.02. The summed E-state index contributed by atoms with van der Waals surface area (Å²) in [5.74, 6) is -0.0908. The summed E-state index contributed by atoms with van der Waals surface area (Å²) >= 11 is 0. The molecule has 1 aliphatic heterocycles. The van der Waals surface area contributed by atoms with Crippen molar-refractivity contribution in [2.45, 2.75) is 25.3 Å². The van der Waals surface area contributed by atoms with Crippen LogP contribution in [0.5, 0.6) is 5.88 Å². The quantitative estimate of drug-likeness (QED) is 0.612. The van der Waals surface area contributed by atoms with E-state index in [1.807, 2.05) is 0 Å². The summed E-state index contributed by atoms with van der Waals surface area (Å²) in [5, 5.41) is 8.94. The molecule has 0 bridgehead atoms. The van der Waals surface area contributed by atoms with Gasteiger partial charge in [-0.3, -0.25) is 9.78 Å². The molecule has 16 heavy (non-hydrogen) atoms. The molecule has 3 N–H and O–H groups in total. The Labute approximate surface area is 91.2 Å². The molecule has 7 heteroatoms. The second kappa shape index (κ2) is 4.93. The number of aromatic nitrogens is 3. The maximum Gasteiger partial charge on any atom is 0.342 e. The van der Waals surface area contributed by atoms with Gasteiger partial charge in [0.15, 0.2) is 0 Å². The zero-order valence-electron chi connectivity index (χ0n) is 8.78. The SMILES string of the molecule is O=c1[nH]nc(OCC2CCCCN2)c(=O)[nH]1. The smallest absolute Gasteiger partial charge is 0.342 e. The Morgan fingerprint density at radius 1 is 1.38 bits per heavy atom. The number of nitrogens with one attached hydrogen (secondary N) is 3. The summed E-state index contributed by atoms with van der Waals surface area (Å²) in [6, 6.07) is 0.252. The van der Waals surface area contributed by atoms with Crippen LogP contribution in [0, 0.1) is 0 Å². The zero-order chi connectivity index (χ0) is 11.4. The predicted molar refractivity (Wildman–Crippen MR) is 56.6 cm³/mol. The van der Waals surface area contributed by atoms with Crippen molar-refractivity contribution < 1.29 is 4.74 Å². The summed E-state index contributed by atoms with van der Waals surface area (Å²) in [4.78, 5) is 24.0. The van der Waals surface area contributed by atoms with Crippen LogP contribution in [-0.2, 0) is 0 Å². The fraction of sp³-hybridized carbons (Fsp3) is 0.667. The second-order valence-corrected chi connectivity index (χ2v) is 3.77. The fourth-order valence-corrected chi connectivity index (χ4v) is 1.68. The number of piperidine rings is 1. The molecule has 88 valence electrons. The molecule has 1 atom stereocenters. The summed E-state index contributed by atoms with van der Waals surface area (Å²) in [6.07, 6.45) is 3.37. The largest absolute Gasteiger partial charge is 0.471 e. The lowest BCUT2D eigenvalue weighted by molar-refractivity contribution is 0.226. The first kappa shape index (κ1) is 10.9. The number of ether oxygens (including phenoxy) is 1. The molecule has 1 aliphatic rings. The highest BCUT2D eigenvalue weighted by molar-refractivity contribution is 4.99. The van der Waals surface area contributed by atoms with E-state index in [4.69, 9.17) is 4.74 Å². The fourth-order valence-electron chi connectivity index (χ4n) is 1.68. The van der Waals surface area contributed by atoms with E-state index in [9.17, 15) is 9.59 Å². The Bertz CT molecular complexity index is 447. The average Bonchev–Trinajstić information content (AvgIpc) is 2.29. The first-order valence-electron chi connectivity index (χ1n) is 5.31. The lowest BCUT2D eigenvalue weighted by Crippen LogP contribution is -2.39. The topological polar surface area (TPSA) is 99.9 Å².